The minimum Gasteiger partial charge on any atom is -0.459 e. The lowest BCUT2D eigenvalue weighted by Crippen LogP contribution is -2.43. The molecule has 0 saturated heterocycles. The summed E-state index contributed by atoms with van der Waals surface area (Å²) in [5, 5.41) is 22.0. The number of hydrogen-bond acceptors (Lipinski definition) is 5. The number of esters is 1. The molecule has 1 aliphatic rings. The summed E-state index contributed by atoms with van der Waals surface area (Å²) in [5.41, 5.74) is 2.41. The van der Waals surface area contributed by atoms with Crippen LogP contribution >= 0.6 is 0 Å². The summed E-state index contributed by atoms with van der Waals surface area (Å²) < 4.78 is 5.42. The zero-order valence-corrected chi connectivity index (χ0v) is 16.5. The molecular formula is C24H25NO5. The Labute approximate surface area is 175 Å². The maximum atomic E-state index is 12.7. The van der Waals surface area contributed by atoms with E-state index in [9.17, 15) is 19.8 Å². The van der Waals surface area contributed by atoms with Gasteiger partial charge in [0.25, 0.3) is 0 Å². The van der Waals surface area contributed by atoms with Gasteiger partial charge in [-0.2, -0.15) is 0 Å². The summed E-state index contributed by atoms with van der Waals surface area (Å²) in [6.07, 6.45) is 4.81. The maximum Gasteiger partial charge on any atom is 0.329 e. The lowest BCUT2D eigenvalue weighted by molar-refractivity contribution is -0.149. The third kappa shape index (κ3) is 6.69. The Morgan fingerprint density at radius 2 is 1.63 bits per heavy atom. The minimum absolute atomic E-state index is 0.0164. The Bertz CT molecular complexity index is 919. The van der Waals surface area contributed by atoms with Crippen molar-refractivity contribution in [3.05, 3.63) is 95.6 Å². The third-order valence-electron chi connectivity index (χ3n) is 4.72. The van der Waals surface area contributed by atoms with Gasteiger partial charge in [0.05, 0.1) is 6.42 Å². The highest BCUT2D eigenvalue weighted by Gasteiger charge is 2.26. The van der Waals surface area contributed by atoms with Gasteiger partial charge in [0.2, 0.25) is 5.91 Å². The first-order chi connectivity index (χ1) is 14.4. The number of nitrogens with one attached hydrogen (secondary N) is 1. The topological polar surface area (TPSA) is 95.9 Å². The molecule has 2 aromatic carbocycles. The van der Waals surface area contributed by atoms with Gasteiger partial charge in [-0.05, 0) is 22.8 Å². The van der Waals surface area contributed by atoms with Gasteiger partial charge in [0, 0.05) is 12.8 Å². The third-order valence-corrected chi connectivity index (χ3v) is 4.72. The van der Waals surface area contributed by atoms with E-state index in [1.54, 1.807) is 12.2 Å². The van der Waals surface area contributed by atoms with E-state index in [-0.39, 0.29) is 31.8 Å². The standard InChI is InChI=1S/C24H25NO5/c26-22(16-18-7-3-1-4-8-18)25-21(15-19-11-13-24(28,29)14-12-19)23(27)30-17-20-9-5-2-6-10-20/h1-13,21,28-29H,14-17H2,(H,25,26). The average Bonchev–Trinajstić information content (AvgIpc) is 2.74. The summed E-state index contributed by atoms with van der Waals surface area (Å²) in [7, 11) is 0. The van der Waals surface area contributed by atoms with Crippen molar-refractivity contribution < 1.29 is 24.5 Å². The lowest BCUT2D eigenvalue weighted by Gasteiger charge is -2.23. The number of rotatable bonds is 8. The fourth-order valence-electron chi connectivity index (χ4n) is 3.09. The van der Waals surface area contributed by atoms with Crippen molar-refractivity contribution in [3.8, 4) is 0 Å². The van der Waals surface area contributed by atoms with Crippen molar-refractivity contribution in [2.45, 2.75) is 37.7 Å². The van der Waals surface area contributed by atoms with Crippen LogP contribution in [0.2, 0.25) is 0 Å². The van der Waals surface area contributed by atoms with E-state index in [2.05, 4.69) is 5.32 Å². The van der Waals surface area contributed by atoms with Crippen LogP contribution in [0.5, 0.6) is 0 Å². The number of benzene rings is 2. The number of carbonyl (C=O) groups excluding carboxylic acids is 2. The van der Waals surface area contributed by atoms with Gasteiger partial charge in [-0.1, -0.05) is 72.8 Å². The molecule has 1 amide bonds. The highest BCUT2D eigenvalue weighted by Crippen LogP contribution is 2.21. The summed E-state index contributed by atoms with van der Waals surface area (Å²) >= 11 is 0. The number of hydrogen-bond donors (Lipinski definition) is 3. The zero-order valence-electron chi connectivity index (χ0n) is 16.5. The van der Waals surface area contributed by atoms with Crippen molar-refractivity contribution in [1.29, 1.82) is 0 Å². The quantitative estimate of drug-likeness (QED) is 0.461. The van der Waals surface area contributed by atoms with Crippen molar-refractivity contribution in [2.24, 2.45) is 0 Å². The molecule has 30 heavy (non-hydrogen) atoms. The molecule has 1 aliphatic carbocycles. The second-order valence-electron chi connectivity index (χ2n) is 7.27. The van der Waals surface area contributed by atoms with E-state index >= 15 is 0 Å². The maximum absolute atomic E-state index is 12.7. The van der Waals surface area contributed by atoms with E-state index in [0.717, 1.165) is 16.7 Å². The van der Waals surface area contributed by atoms with Crippen LogP contribution in [-0.4, -0.2) is 33.9 Å². The average molecular weight is 407 g/mol. The van der Waals surface area contributed by atoms with Gasteiger partial charge < -0.3 is 20.3 Å². The van der Waals surface area contributed by atoms with Gasteiger partial charge in [-0.3, -0.25) is 4.79 Å². The molecule has 0 fully saturated rings. The Kier molecular flexibility index (Phi) is 7.17. The van der Waals surface area contributed by atoms with E-state index in [0.29, 0.717) is 0 Å². The number of ether oxygens (including phenoxy) is 1. The fraction of sp³-hybridized carbons (Fsp3) is 0.250. The first kappa shape index (κ1) is 21.5. The first-order valence-corrected chi connectivity index (χ1v) is 9.78. The SMILES string of the molecule is O=C(Cc1ccccc1)NC(CC1=CCC(O)(O)C=C1)C(=O)OCc1ccccc1. The molecule has 0 radical (unpaired) electrons. The molecule has 3 rings (SSSR count). The monoisotopic (exact) mass is 407 g/mol. The zero-order chi connectivity index (χ0) is 21.4. The number of aliphatic hydroxyl groups is 2. The molecule has 0 spiro atoms. The Balaban J connectivity index is 1.65. The molecule has 6 nitrogen and oxygen atoms in total. The van der Waals surface area contributed by atoms with E-state index in [1.165, 1.54) is 6.08 Å². The van der Waals surface area contributed by atoms with Crippen LogP contribution in [0.4, 0.5) is 0 Å². The first-order valence-electron chi connectivity index (χ1n) is 9.78. The van der Waals surface area contributed by atoms with E-state index < -0.39 is 17.8 Å². The Hall–Kier alpha value is -3.22. The normalized spacial score (nSPS) is 15.7. The second-order valence-corrected chi connectivity index (χ2v) is 7.27. The summed E-state index contributed by atoms with van der Waals surface area (Å²) in [5.74, 6) is -2.72. The number of carbonyl (C=O) groups is 2. The highest BCUT2D eigenvalue weighted by molar-refractivity contribution is 5.86. The van der Waals surface area contributed by atoms with Crippen LogP contribution in [0.25, 0.3) is 0 Å². The summed E-state index contributed by atoms with van der Waals surface area (Å²) in [6.45, 7) is 0.107. The number of allylic oxidation sites excluding steroid dienone is 1. The van der Waals surface area contributed by atoms with Crippen molar-refractivity contribution in [3.63, 3.8) is 0 Å². The molecule has 6 heteroatoms. The largest absolute Gasteiger partial charge is 0.459 e. The molecule has 0 heterocycles. The smallest absolute Gasteiger partial charge is 0.329 e. The Morgan fingerprint density at radius 1 is 1.00 bits per heavy atom. The van der Waals surface area contributed by atoms with Crippen LogP contribution < -0.4 is 5.32 Å². The van der Waals surface area contributed by atoms with Crippen LogP contribution in [0, 0.1) is 0 Å². The molecule has 0 bridgehead atoms. The molecule has 156 valence electrons. The van der Waals surface area contributed by atoms with Crippen LogP contribution in [0.15, 0.2) is 84.5 Å². The highest BCUT2D eigenvalue weighted by atomic mass is 16.5. The Morgan fingerprint density at radius 3 is 2.23 bits per heavy atom. The van der Waals surface area contributed by atoms with Crippen LogP contribution in [-0.2, 0) is 27.4 Å². The van der Waals surface area contributed by atoms with Crippen LogP contribution in [0.1, 0.15) is 24.0 Å². The minimum atomic E-state index is -1.89. The predicted molar refractivity (Wildman–Crippen MR) is 112 cm³/mol. The number of amides is 1. The predicted octanol–water partition coefficient (Wildman–Crippen LogP) is 2.41. The van der Waals surface area contributed by atoms with Crippen molar-refractivity contribution in [2.75, 3.05) is 0 Å². The van der Waals surface area contributed by atoms with Crippen LogP contribution in [0.3, 0.4) is 0 Å². The lowest BCUT2D eigenvalue weighted by atomic mass is 9.97. The van der Waals surface area contributed by atoms with Gasteiger partial charge >= 0.3 is 5.97 Å². The van der Waals surface area contributed by atoms with E-state index in [1.807, 2.05) is 60.7 Å². The summed E-state index contributed by atoms with van der Waals surface area (Å²) in [4.78, 5) is 25.2. The molecule has 1 atom stereocenters. The van der Waals surface area contributed by atoms with E-state index in [4.69, 9.17) is 4.74 Å². The van der Waals surface area contributed by atoms with Gasteiger partial charge in [-0.15, -0.1) is 0 Å². The molecule has 3 N–H and O–H groups in total. The molecule has 2 aromatic rings. The van der Waals surface area contributed by atoms with Gasteiger partial charge in [-0.25, -0.2) is 4.79 Å². The fourth-order valence-corrected chi connectivity index (χ4v) is 3.09. The van der Waals surface area contributed by atoms with Crippen molar-refractivity contribution >= 4 is 11.9 Å². The van der Waals surface area contributed by atoms with Gasteiger partial charge in [0.1, 0.15) is 12.6 Å². The molecule has 0 aromatic heterocycles. The summed E-state index contributed by atoms with van der Waals surface area (Å²) in [6, 6.07) is 17.7. The second kappa shape index (κ2) is 10.0. The molecular weight excluding hydrogens is 382 g/mol. The molecule has 1 unspecified atom stereocenters. The van der Waals surface area contributed by atoms with Crippen molar-refractivity contribution in [1.82, 2.24) is 5.32 Å². The molecule has 0 saturated carbocycles. The molecule has 0 aliphatic heterocycles. The van der Waals surface area contributed by atoms with Gasteiger partial charge in [0.15, 0.2) is 5.79 Å².